The van der Waals surface area contributed by atoms with Crippen molar-refractivity contribution in [3.05, 3.63) is 65.7 Å². The minimum absolute atomic E-state index is 0.250. The molecule has 0 radical (unpaired) electrons. The van der Waals surface area contributed by atoms with Crippen molar-refractivity contribution in [2.45, 2.75) is 13.0 Å². The van der Waals surface area contributed by atoms with Crippen LogP contribution in [-0.4, -0.2) is 33.7 Å². The van der Waals surface area contributed by atoms with Crippen LogP contribution in [0.3, 0.4) is 0 Å². The lowest BCUT2D eigenvalue weighted by molar-refractivity contribution is 0.0934. The molecule has 0 aliphatic heterocycles. The Labute approximate surface area is 148 Å². The van der Waals surface area contributed by atoms with E-state index in [-0.39, 0.29) is 5.91 Å². The highest BCUT2D eigenvalue weighted by Gasteiger charge is 2.07. The average molecular weight is 362 g/mol. The third kappa shape index (κ3) is 7.36. The number of amides is 1. The van der Waals surface area contributed by atoms with Crippen LogP contribution in [0.15, 0.2) is 54.6 Å². The van der Waals surface area contributed by atoms with Gasteiger partial charge in [-0.15, -0.1) is 0 Å². The van der Waals surface area contributed by atoms with Gasteiger partial charge >= 0.3 is 0 Å². The SMILES string of the molecule is CS(=O)(=O)Nc1cccc(C(=O)NCCCOCc2ccccc2)c1. The molecular formula is C18H22N2O4S. The fourth-order valence-electron chi connectivity index (χ4n) is 2.18. The Morgan fingerprint density at radius 1 is 1.08 bits per heavy atom. The molecule has 0 aromatic heterocycles. The number of hydrogen-bond acceptors (Lipinski definition) is 4. The van der Waals surface area contributed by atoms with Crippen molar-refractivity contribution in [2.75, 3.05) is 24.1 Å². The molecule has 2 N–H and O–H groups in total. The maximum absolute atomic E-state index is 12.1. The van der Waals surface area contributed by atoms with Gasteiger partial charge in [0.15, 0.2) is 0 Å². The molecule has 6 nitrogen and oxygen atoms in total. The Hall–Kier alpha value is -2.38. The smallest absolute Gasteiger partial charge is 0.251 e. The van der Waals surface area contributed by atoms with E-state index >= 15 is 0 Å². The molecule has 134 valence electrons. The highest BCUT2D eigenvalue weighted by atomic mass is 32.2. The maximum atomic E-state index is 12.1. The van der Waals surface area contributed by atoms with E-state index in [1.807, 2.05) is 30.3 Å². The first-order valence-corrected chi connectivity index (χ1v) is 9.81. The molecule has 7 heteroatoms. The minimum atomic E-state index is -3.37. The molecule has 2 aromatic rings. The molecule has 0 atom stereocenters. The average Bonchev–Trinajstić information content (AvgIpc) is 2.57. The predicted octanol–water partition coefficient (Wildman–Crippen LogP) is 2.39. The molecule has 2 aromatic carbocycles. The number of carbonyl (C=O) groups excluding carboxylic acids is 1. The van der Waals surface area contributed by atoms with Crippen molar-refractivity contribution in [3.8, 4) is 0 Å². The lowest BCUT2D eigenvalue weighted by Gasteiger charge is -2.08. The third-order valence-corrected chi connectivity index (χ3v) is 3.90. The lowest BCUT2D eigenvalue weighted by atomic mass is 10.2. The number of anilines is 1. The van der Waals surface area contributed by atoms with Crippen molar-refractivity contribution in [2.24, 2.45) is 0 Å². The van der Waals surface area contributed by atoms with Crippen molar-refractivity contribution in [1.29, 1.82) is 0 Å². The second-order valence-corrected chi connectivity index (χ2v) is 7.35. The zero-order valence-corrected chi connectivity index (χ0v) is 14.9. The molecule has 0 bridgehead atoms. The summed E-state index contributed by atoms with van der Waals surface area (Å²) >= 11 is 0. The van der Waals surface area contributed by atoms with Gasteiger partial charge in [-0.2, -0.15) is 0 Å². The van der Waals surface area contributed by atoms with Gasteiger partial charge in [0, 0.05) is 24.4 Å². The normalized spacial score (nSPS) is 11.1. The number of carbonyl (C=O) groups is 1. The molecular weight excluding hydrogens is 340 g/mol. The van der Waals surface area contributed by atoms with Gasteiger partial charge in [0.2, 0.25) is 10.0 Å². The van der Waals surface area contributed by atoms with Gasteiger partial charge < -0.3 is 10.1 Å². The first-order chi connectivity index (χ1) is 11.9. The number of ether oxygens (including phenoxy) is 1. The van der Waals surface area contributed by atoms with E-state index < -0.39 is 10.0 Å². The van der Waals surface area contributed by atoms with E-state index in [1.54, 1.807) is 18.2 Å². The largest absolute Gasteiger partial charge is 0.377 e. The van der Waals surface area contributed by atoms with Crippen molar-refractivity contribution < 1.29 is 17.9 Å². The van der Waals surface area contributed by atoms with E-state index in [4.69, 9.17) is 4.74 Å². The minimum Gasteiger partial charge on any atom is -0.377 e. The van der Waals surface area contributed by atoms with E-state index in [9.17, 15) is 13.2 Å². The topological polar surface area (TPSA) is 84.5 Å². The number of hydrogen-bond donors (Lipinski definition) is 2. The quantitative estimate of drug-likeness (QED) is 0.671. The van der Waals surface area contributed by atoms with Crippen LogP contribution in [0, 0.1) is 0 Å². The Morgan fingerprint density at radius 2 is 1.84 bits per heavy atom. The molecule has 0 heterocycles. The number of benzene rings is 2. The fourth-order valence-corrected chi connectivity index (χ4v) is 2.74. The zero-order chi connectivity index (χ0) is 18.1. The van der Waals surface area contributed by atoms with Gasteiger partial charge in [-0.3, -0.25) is 9.52 Å². The Kier molecular flexibility index (Phi) is 6.97. The standard InChI is InChI=1S/C18H22N2O4S/c1-25(22,23)20-17-10-5-9-16(13-17)18(21)19-11-6-12-24-14-15-7-3-2-4-8-15/h2-5,7-10,13,20H,6,11-12,14H2,1H3,(H,19,21). The first-order valence-electron chi connectivity index (χ1n) is 7.92. The molecule has 0 saturated carbocycles. The summed E-state index contributed by atoms with van der Waals surface area (Å²) in [6.07, 6.45) is 1.76. The molecule has 1 amide bonds. The summed E-state index contributed by atoms with van der Waals surface area (Å²) in [4.78, 5) is 12.1. The zero-order valence-electron chi connectivity index (χ0n) is 14.1. The van der Waals surface area contributed by atoms with Gasteiger partial charge in [0.05, 0.1) is 12.9 Å². The first kappa shape index (κ1) is 19.0. The van der Waals surface area contributed by atoms with E-state index in [0.29, 0.717) is 37.4 Å². The van der Waals surface area contributed by atoms with Crippen LogP contribution in [-0.2, 0) is 21.4 Å². The predicted molar refractivity (Wildman–Crippen MR) is 98.0 cm³/mol. The van der Waals surface area contributed by atoms with Crippen molar-refractivity contribution in [3.63, 3.8) is 0 Å². The van der Waals surface area contributed by atoms with Gasteiger partial charge in [-0.25, -0.2) is 8.42 Å². The molecule has 0 fully saturated rings. The van der Waals surface area contributed by atoms with Crippen LogP contribution in [0.25, 0.3) is 0 Å². The molecule has 2 rings (SSSR count). The summed E-state index contributed by atoms with van der Waals surface area (Å²) < 4.78 is 30.4. The van der Waals surface area contributed by atoms with Crippen LogP contribution in [0.1, 0.15) is 22.3 Å². The molecule has 0 aliphatic rings. The van der Waals surface area contributed by atoms with E-state index in [1.165, 1.54) is 6.07 Å². The Bertz CT molecular complexity index is 792. The highest BCUT2D eigenvalue weighted by molar-refractivity contribution is 7.92. The molecule has 0 aliphatic carbocycles. The number of sulfonamides is 1. The summed E-state index contributed by atoms with van der Waals surface area (Å²) in [7, 11) is -3.37. The summed E-state index contributed by atoms with van der Waals surface area (Å²) in [6, 6.07) is 16.2. The molecule has 0 saturated heterocycles. The third-order valence-electron chi connectivity index (χ3n) is 3.29. The molecule has 25 heavy (non-hydrogen) atoms. The Balaban J connectivity index is 1.70. The van der Waals surface area contributed by atoms with Gasteiger partial charge in [0.25, 0.3) is 5.91 Å². The summed E-state index contributed by atoms with van der Waals surface area (Å²) in [5.74, 6) is -0.250. The van der Waals surface area contributed by atoms with Crippen LogP contribution in [0.5, 0.6) is 0 Å². The fraction of sp³-hybridized carbons (Fsp3) is 0.278. The Morgan fingerprint density at radius 3 is 2.56 bits per heavy atom. The lowest BCUT2D eigenvalue weighted by Crippen LogP contribution is -2.25. The van der Waals surface area contributed by atoms with E-state index in [2.05, 4.69) is 10.0 Å². The second kappa shape index (κ2) is 9.19. The second-order valence-electron chi connectivity index (χ2n) is 5.60. The van der Waals surface area contributed by atoms with Crippen molar-refractivity contribution >= 4 is 21.6 Å². The van der Waals surface area contributed by atoms with Gasteiger partial charge in [-0.05, 0) is 30.2 Å². The van der Waals surface area contributed by atoms with Crippen LogP contribution in [0.4, 0.5) is 5.69 Å². The van der Waals surface area contributed by atoms with Gasteiger partial charge in [0.1, 0.15) is 0 Å². The summed E-state index contributed by atoms with van der Waals surface area (Å²) in [5, 5.41) is 2.79. The number of nitrogens with one attached hydrogen (secondary N) is 2. The highest BCUT2D eigenvalue weighted by Crippen LogP contribution is 2.11. The number of rotatable bonds is 9. The van der Waals surface area contributed by atoms with Crippen molar-refractivity contribution in [1.82, 2.24) is 5.32 Å². The van der Waals surface area contributed by atoms with E-state index in [0.717, 1.165) is 11.8 Å². The van der Waals surface area contributed by atoms with Crippen LogP contribution in [0.2, 0.25) is 0 Å². The molecule has 0 unspecified atom stereocenters. The van der Waals surface area contributed by atoms with Crippen LogP contribution >= 0.6 is 0 Å². The van der Waals surface area contributed by atoms with Gasteiger partial charge in [-0.1, -0.05) is 36.4 Å². The van der Waals surface area contributed by atoms with Crippen LogP contribution < -0.4 is 10.0 Å². The summed E-state index contributed by atoms with van der Waals surface area (Å²) in [6.45, 7) is 1.58. The summed E-state index contributed by atoms with van der Waals surface area (Å²) in [5.41, 5.74) is 1.88. The monoisotopic (exact) mass is 362 g/mol. The maximum Gasteiger partial charge on any atom is 0.251 e. The molecule has 0 spiro atoms.